The average molecular weight is 276 g/mol. The van der Waals surface area contributed by atoms with Crippen LogP contribution in [0.5, 0.6) is 0 Å². The number of nitrogens with zero attached hydrogens (tertiary/aromatic N) is 3. The van der Waals surface area contributed by atoms with Crippen molar-refractivity contribution in [2.75, 3.05) is 0 Å². The van der Waals surface area contributed by atoms with Crippen LogP contribution >= 0.6 is 11.3 Å². The molecule has 0 saturated carbocycles. The Labute approximate surface area is 113 Å². The van der Waals surface area contributed by atoms with Gasteiger partial charge < -0.3 is 22.4 Å². The molecule has 19 heavy (non-hydrogen) atoms. The van der Waals surface area contributed by atoms with E-state index >= 15 is 0 Å². The van der Waals surface area contributed by atoms with E-state index in [0.717, 1.165) is 11.3 Å². The maximum atomic E-state index is 8.66. The zero-order valence-electron chi connectivity index (χ0n) is 9.82. The summed E-state index contributed by atoms with van der Waals surface area (Å²) in [5, 5.41) is 13.9. The summed E-state index contributed by atoms with van der Waals surface area (Å²) in [5.74, 6) is 0.00726. The van der Waals surface area contributed by atoms with E-state index in [0.29, 0.717) is 10.7 Å². The first kappa shape index (κ1) is 12.8. The second kappa shape index (κ2) is 5.36. The van der Waals surface area contributed by atoms with E-state index in [1.54, 1.807) is 18.2 Å². The molecule has 0 aliphatic heterocycles. The van der Waals surface area contributed by atoms with Crippen LogP contribution in [0, 0.1) is 0 Å². The first-order valence-electron chi connectivity index (χ1n) is 5.23. The number of thiazole rings is 1. The van der Waals surface area contributed by atoms with E-state index in [2.05, 4.69) is 15.1 Å². The summed E-state index contributed by atoms with van der Waals surface area (Å²) in [4.78, 5) is 8.15. The molecule has 0 fully saturated rings. The Balaban J connectivity index is 2.37. The number of benzene rings is 1. The van der Waals surface area contributed by atoms with Crippen molar-refractivity contribution in [1.29, 1.82) is 0 Å². The van der Waals surface area contributed by atoms with Crippen LogP contribution in [0.3, 0.4) is 0 Å². The Kier molecular flexibility index (Phi) is 3.62. The smallest absolute Gasteiger partial charge is 0.212 e. The van der Waals surface area contributed by atoms with Crippen LogP contribution in [-0.4, -0.2) is 22.0 Å². The highest BCUT2D eigenvalue weighted by Gasteiger charge is 2.06. The van der Waals surface area contributed by atoms with Crippen molar-refractivity contribution in [1.82, 2.24) is 4.98 Å². The predicted octanol–water partition coefficient (Wildman–Crippen LogP) is 0.809. The van der Waals surface area contributed by atoms with Gasteiger partial charge in [0.15, 0.2) is 11.8 Å². The normalized spacial score (nSPS) is 11.3. The molecular formula is C11H12N6OS. The predicted molar refractivity (Wildman–Crippen MR) is 75.5 cm³/mol. The Morgan fingerprint density at radius 2 is 2.05 bits per heavy atom. The molecule has 7 N–H and O–H groups in total. The van der Waals surface area contributed by atoms with Gasteiger partial charge in [-0.1, -0.05) is 23.4 Å². The maximum Gasteiger partial charge on any atom is 0.212 e. The Bertz CT molecular complexity index is 644. The summed E-state index contributed by atoms with van der Waals surface area (Å²) in [5.41, 5.74) is 18.3. The standard InChI is InChI=1S/C11H12N6OS/c12-9(17-18)7-3-1-2-6(4-7)8-5-19-11(15-8)16-10(13)14/h1-5,18H,(H2,12,17)(H4,13,14,15,16). The molecule has 1 aromatic heterocycles. The summed E-state index contributed by atoms with van der Waals surface area (Å²) in [6.07, 6.45) is 0. The molecule has 0 aliphatic carbocycles. The maximum absolute atomic E-state index is 8.66. The lowest BCUT2D eigenvalue weighted by molar-refractivity contribution is 0.318. The summed E-state index contributed by atoms with van der Waals surface area (Å²) in [6, 6.07) is 7.16. The van der Waals surface area contributed by atoms with Gasteiger partial charge >= 0.3 is 0 Å². The van der Waals surface area contributed by atoms with Crippen LogP contribution in [0.2, 0.25) is 0 Å². The molecule has 0 unspecified atom stereocenters. The highest BCUT2D eigenvalue weighted by Crippen LogP contribution is 2.27. The Morgan fingerprint density at radius 3 is 2.74 bits per heavy atom. The molecule has 0 amide bonds. The molecule has 2 rings (SSSR count). The molecule has 0 radical (unpaired) electrons. The van der Waals surface area contributed by atoms with Gasteiger partial charge in [-0.2, -0.15) is 4.99 Å². The fourth-order valence-corrected chi connectivity index (χ4v) is 2.17. The number of oxime groups is 1. The van der Waals surface area contributed by atoms with E-state index < -0.39 is 0 Å². The number of hydrogen-bond acceptors (Lipinski definition) is 5. The number of hydrogen-bond donors (Lipinski definition) is 4. The number of aliphatic imine (C=N–C) groups is 1. The third-order valence-electron chi connectivity index (χ3n) is 2.28. The van der Waals surface area contributed by atoms with E-state index in [1.807, 2.05) is 11.4 Å². The Morgan fingerprint density at radius 1 is 1.26 bits per heavy atom. The van der Waals surface area contributed by atoms with Gasteiger partial charge in [0.25, 0.3) is 0 Å². The van der Waals surface area contributed by atoms with Crippen molar-refractivity contribution in [2.45, 2.75) is 0 Å². The van der Waals surface area contributed by atoms with Crippen LogP contribution in [0.25, 0.3) is 11.3 Å². The molecule has 0 saturated heterocycles. The van der Waals surface area contributed by atoms with Crippen LogP contribution in [-0.2, 0) is 0 Å². The molecular weight excluding hydrogens is 264 g/mol. The lowest BCUT2D eigenvalue weighted by atomic mass is 10.1. The van der Waals surface area contributed by atoms with Crippen LogP contribution in [0.1, 0.15) is 5.56 Å². The summed E-state index contributed by atoms with van der Waals surface area (Å²) in [6.45, 7) is 0. The van der Waals surface area contributed by atoms with E-state index in [1.165, 1.54) is 11.3 Å². The summed E-state index contributed by atoms with van der Waals surface area (Å²) in [7, 11) is 0. The lowest BCUT2D eigenvalue weighted by Gasteiger charge is -2.01. The van der Waals surface area contributed by atoms with E-state index in [4.69, 9.17) is 22.4 Å². The quantitative estimate of drug-likeness (QED) is 0.284. The highest BCUT2D eigenvalue weighted by molar-refractivity contribution is 7.13. The third-order valence-corrected chi connectivity index (χ3v) is 3.01. The van der Waals surface area contributed by atoms with E-state index in [9.17, 15) is 0 Å². The lowest BCUT2D eigenvalue weighted by Crippen LogP contribution is -2.21. The molecule has 8 heteroatoms. The second-order valence-corrected chi connectivity index (χ2v) is 4.45. The van der Waals surface area contributed by atoms with Gasteiger partial charge in [0.1, 0.15) is 0 Å². The van der Waals surface area contributed by atoms with Gasteiger partial charge in [-0.25, -0.2) is 4.98 Å². The first-order chi connectivity index (χ1) is 9.10. The minimum Gasteiger partial charge on any atom is -0.409 e. The fourth-order valence-electron chi connectivity index (χ4n) is 1.45. The average Bonchev–Trinajstić information content (AvgIpc) is 2.85. The van der Waals surface area contributed by atoms with Crippen molar-refractivity contribution < 1.29 is 5.21 Å². The van der Waals surface area contributed by atoms with Gasteiger partial charge in [0, 0.05) is 16.5 Å². The third kappa shape index (κ3) is 2.99. The zero-order chi connectivity index (χ0) is 13.8. The van der Waals surface area contributed by atoms with Crippen molar-refractivity contribution in [3.8, 4) is 11.3 Å². The number of aromatic nitrogens is 1. The Hall–Kier alpha value is -2.61. The first-order valence-corrected chi connectivity index (χ1v) is 6.11. The van der Waals surface area contributed by atoms with E-state index in [-0.39, 0.29) is 11.8 Å². The number of guanidine groups is 1. The van der Waals surface area contributed by atoms with Crippen molar-refractivity contribution in [3.05, 3.63) is 35.2 Å². The monoisotopic (exact) mass is 276 g/mol. The minimum absolute atomic E-state index is 0.0358. The molecule has 2 aromatic rings. The molecule has 0 aliphatic rings. The molecule has 7 nitrogen and oxygen atoms in total. The fraction of sp³-hybridized carbons (Fsp3) is 0. The van der Waals surface area contributed by atoms with Crippen LogP contribution in [0.15, 0.2) is 39.8 Å². The largest absolute Gasteiger partial charge is 0.409 e. The summed E-state index contributed by atoms with van der Waals surface area (Å²) >= 11 is 1.32. The van der Waals surface area contributed by atoms with Crippen molar-refractivity contribution >= 4 is 28.3 Å². The molecule has 1 aromatic carbocycles. The zero-order valence-corrected chi connectivity index (χ0v) is 10.6. The summed E-state index contributed by atoms with van der Waals surface area (Å²) < 4.78 is 0. The van der Waals surface area contributed by atoms with Gasteiger partial charge in [0.05, 0.1) is 5.69 Å². The molecule has 1 heterocycles. The van der Waals surface area contributed by atoms with Crippen LogP contribution < -0.4 is 17.2 Å². The topological polar surface area (TPSA) is 136 Å². The molecule has 98 valence electrons. The molecule has 0 spiro atoms. The number of nitrogens with two attached hydrogens (primary N) is 3. The SMILES string of the molecule is NC(N)=Nc1nc(-c2cccc(C(N)=NO)c2)cs1. The molecule has 0 atom stereocenters. The second-order valence-electron chi connectivity index (χ2n) is 3.62. The van der Waals surface area contributed by atoms with Crippen molar-refractivity contribution in [3.63, 3.8) is 0 Å². The molecule has 0 bridgehead atoms. The highest BCUT2D eigenvalue weighted by atomic mass is 32.1. The van der Waals surface area contributed by atoms with Gasteiger partial charge in [-0.3, -0.25) is 0 Å². The van der Waals surface area contributed by atoms with Gasteiger partial charge in [-0.15, -0.1) is 11.3 Å². The minimum atomic E-state index is -0.0358. The van der Waals surface area contributed by atoms with Crippen LogP contribution in [0.4, 0.5) is 5.13 Å². The van der Waals surface area contributed by atoms with Crippen molar-refractivity contribution in [2.24, 2.45) is 27.3 Å². The number of amidine groups is 1. The van der Waals surface area contributed by atoms with Gasteiger partial charge in [-0.05, 0) is 6.07 Å². The van der Waals surface area contributed by atoms with Gasteiger partial charge in [0.2, 0.25) is 5.13 Å². The number of rotatable bonds is 3.